The second kappa shape index (κ2) is 2.19. The lowest BCUT2D eigenvalue weighted by atomic mass is 9.41. The molecule has 0 heterocycles. The van der Waals surface area contributed by atoms with E-state index in [0.717, 1.165) is 0 Å². The van der Waals surface area contributed by atoms with E-state index in [4.69, 9.17) is 15.3 Å². The molecule has 0 spiro atoms. The lowest BCUT2D eigenvalue weighted by Crippen LogP contribution is -2.68. The quantitative estimate of drug-likeness (QED) is 0.627. The van der Waals surface area contributed by atoms with Crippen molar-refractivity contribution >= 4 is 0 Å². The number of aliphatic hydroxyl groups is 1. The van der Waals surface area contributed by atoms with Gasteiger partial charge in [-0.1, -0.05) is 13.7 Å². The van der Waals surface area contributed by atoms with Crippen molar-refractivity contribution in [3.8, 4) is 0 Å². The van der Waals surface area contributed by atoms with Gasteiger partial charge in [0.15, 0.2) is 0 Å². The molecule has 0 aromatic heterocycles. The third kappa shape index (κ3) is 0.938. The van der Waals surface area contributed by atoms with E-state index >= 15 is 0 Å². The topological polar surface area (TPSA) is 46.2 Å². The summed E-state index contributed by atoms with van der Waals surface area (Å²) in [5.74, 6) is -1.17. The number of rotatable bonds is 0. The van der Waals surface area contributed by atoms with Gasteiger partial charge in [-0.25, -0.2) is 0 Å². The van der Waals surface area contributed by atoms with Gasteiger partial charge in [-0.05, 0) is 48.8 Å². The number of hydrogen-bond donors (Lipinski definition) is 2. The Morgan fingerprint density at radius 2 is 1.86 bits per heavy atom. The largest absolute Gasteiger partial charge is 0.392 e. The lowest BCUT2D eigenvalue weighted by Gasteiger charge is -2.66. The highest BCUT2D eigenvalue weighted by atomic mass is 16.3. The lowest BCUT2D eigenvalue weighted by molar-refractivity contribution is -0.198. The summed E-state index contributed by atoms with van der Waals surface area (Å²) < 4.78 is 55.7. The summed E-state index contributed by atoms with van der Waals surface area (Å²) in [5, 5.41) is 10.8. The van der Waals surface area contributed by atoms with E-state index < -0.39 is 42.1 Å². The van der Waals surface area contributed by atoms with Crippen LogP contribution in [0.4, 0.5) is 0 Å². The van der Waals surface area contributed by atoms with Crippen LogP contribution in [0, 0.1) is 16.7 Å². The van der Waals surface area contributed by atoms with Crippen LogP contribution in [0.15, 0.2) is 0 Å². The maximum atomic E-state index is 10.8. The molecule has 0 radical (unpaired) electrons. The van der Waals surface area contributed by atoms with Gasteiger partial charge in [0.2, 0.25) is 0 Å². The number of hydrogen-bond acceptors (Lipinski definition) is 2. The maximum Gasteiger partial charge on any atom is 0.0648 e. The highest BCUT2D eigenvalue weighted by Gasteiger charge is 2.63. The van der Waals surface area contributed by atoms with Gasteiger partial charge in [0, 0.05) is 15.1 Å². The van der Waals surface area contributed by atoms with E-state index in [1.807, 2.05) is 0 Å². The summed E-state index contributed by atoms with van der Waals surface area (Å²) in [4.78, 5) is 0. The normalized spacial score (nSPS) is 80.4. The molecule has 0 amide bonds. The van der Waals surface area contributed by atoms with Crippen molar-refractivity contribution in [2.24, 2.45) is 22.5 Å². The molecule has 0 aromatic carbocycles. The molecule has 4 fully saturated rings. The van der Waals surface area contributed by atoms with E-state index in [1.54, 1.807) is 0 Å². The number of aliphatic hydroxyl groups excluding tert-OH is 1. The third-order valence-corrected chi connectivity index (χ3v) is 4.11. The summed E-state index contributed by atoms with van der Waals surface area (Å²) >= 11 is 0. The molecule has 2 atom stereocenters. The zero-order chi connectivity index (χ0) is 16.1. The summed E-state index contributed by atoms with van der Waals surface area (Å²) in [6, 6.07) is 0. The van der Waals surface area contributed by atoms with Crippen molar-refractivity contribution in [2.75, 3.05) is 0 Å². The summed E-state index contributed by atoms with van der Waals surface area (Å²) in [6.07, 6.45) is -1.04. The predicted molar refractivity (Wildman–Crippen MR) is 55.7 cm³/mol. The van der Waals surface area contributed by atoms with E-state index in [0.29, 0.717) is 6.42 Å². The molecule has 2 unspecified atom stereocenters. The first-order valence-corrected chi connectivity index (χ1v) is 5.16. The van der Waals surface area contributed by atoms with Crippen molar-refractivity contribution in [3.63, 3.8) is 0 Å². The van der Waals surface area contributed by atoms with Gasteiger partial charge in [-0.15, -0.1) is 0 Å². The minimum absolute atomic E-state index is 0.00551. The monoisotopic (exact) mass is 202 g/mol. The van der Waals surface area contributed by atoms with Gasteiger partial charge >= 0.3 is 0 Å². The van der Waals surface area contributed by atoms with Crippen LogP contribution in [0.5, 0.6) is 0 Å². The van der Waals surface area contributed by atoms with Crippen molar-refractivity contribution in [2.45, 2.75) is 57.5 Å². The second-order valence-electron chi connectivity index (χ2n) is 5.71. The first kappa shape index (κ1) is 4.42. The summed E-state index contributed by atoms with van der Waals surface area (Å²) in [5.41, 5.74) is 2.16. The van der Waals surface area contributed by atoms with Gasteiger partial charge in [-0.3, -0.25) is 0 Å². The van der Waals surface area contributed by atoms with Gasteiger partial charge in [-0.2, -0.15) is 0 Å². The van der Waals surface area contributed by atoms with Crippen molar-refractivity contribution in [3.05, 3.63) is 0 Å². The fourth-order valence-corrected chi connectivity index (χ4v) is 4.06. The van der Waals surface area contributed by atoms with Crippen LogP contribution in [0.2, 0.25) is 0 Å². The van der Waals surface area contributed by atoms with E-state index in [1.165, 1.54) is 0 Å². The average Bonchev–Trinajstić information content (AvgIpc) is 2.18. The third-order valence-electron chi connectivity index (χ3n) is 4.11. The van der Waals surface area contributed by atoms with Crippen LogP contribution in [0.1, 0.15) is 55.4 Å². The van der Waals surface area contributed by atoms with Gasteiger partial charge in [0.1, 0.15) is 0 Å². The Morgan fingerprint density at radius 1 is 1.29 bits per heavy atom. The first-order chi connectivity index (χ1) is 9.19. The first-order valence-electron chi connectivity index (χ1n) is 8.66. The minimum atomic E-state index is -2.53. The molecule has 0 saturated heterocycles. The SMILES string of the molecule is [2H]C12CC3(N)CC(C([2H])([2H])[2H])(C1)C(O)C(C([2H])([2H])[2H])(C2)C3. The molecule has 14 heavy (non-hydrogen) atoms. The van der Waals surface area contributed by atoms with Crippen LogP contribution in [-0.2, 0) is 0 Å². The number of nitrogens with two attached hydrogens (primary N) is 1. The zero-order valence-corrected chi connectivity index (χ0v) is 8.14. The van der Waals surface area contributed by atoms with Gasteiger partial charge in [0.25, 0.3) is 0 Å². The molecule has 2 nitrogen and oxygen atoms in total. The van der Waals surface area contributed by atoms with E-state index in [9.17, 15) is 5.11 Å². The Morgan fingerprint density at radius 3 is 2.29 bits per heavy atom. The molecule has 4 bridgehead atoms. The Kier molecular flexibility index (Phi) is 0.693. The van der Waals surface area contributed by atoms with Crippen LogP contribution in [0.3, 0.4) is 0 Å². The molecule has 4 aliphatic carbocycles. The van der Waals surface area contributed by atoms with Crippen LogP contribution >= 0.6 is 0 Å². The van der Waals surface area contributed by atoms with E-state index in [-0.39, 0.29) is 25.7 Å². The molecule has 2 heteroatoms. The van der Waals surface area contributed by atoms with Crippen LogP contribution < -0.4 is 5.73 Å². The molecule has 4 rings (SSSR count). The Hall–Kier alpha value is -0.0800. The minimum Gasteiger partial charge on any atom is -0.392 e. The average molecular weight is 202 g/mol. The highest BCUT2D eigenvalue weighted by Crippen LogP contribution is 2.65. The molecule has 0 aromatic rings. The van der Waals surface area contributed by atoms with Crippen molar-refractivity contribution in [1.29, 1.82) is 0 Å². The Labute approximate surface area is 95.7 Å². The fourth-order valence-electron chi connectivity index (χ4n) is 4.06. The molecule has 80 valence electrons. The van der Waals surface area contributed by atoms with Gasteiger partial charge < -0.3 is 10.8 Å². The second-order valence-corrected chi connectivity index (χ2v) is 5.71. The van der Waals surface area contributed by atoms with Crippen LogP contribution in [-0.4, -0.2) is 16.7 Å². The highest BCUT2D eigenvalue weighted by molar-refractivity contribution is 5.17. The van der Waals surface area contributed by atoms with Crippen molar-refractivity contribution in [1.82, 2.24) is 0 Å². The molecular formula is C12H21NO. The van der Waals surface area contributed by atoms with Gasteiger partial charge in [0.05, 0.1) is 6.10 Å². The van der Waals surface area contributed by atoms with Crippen LogP contribution in [0.25, 0.3) is 0 Å². The molecule has 4 saturated carbocycles. The Balaban J connectivity index is 2.23. The zero-order valence-electron chi connectivity index (χ0n) is 15.1. The summed E-state index contributed by atoms with van der Waals surface area (Å²) in [6.45, 7) is -5.05. The molecule has 4 aliphatic rings. The fraction of sp³-hybridized carbons (Fsp3) is 1.00. The molecule has 3 N–H and O–H groups in total. The van der Waals surface area contributed by atoms with Crippen molar-refractivity contribution < 1.29 is 14.7 Å². The predicted octanol–water partition coefficient (Wildman–Crippen LogP) is 1.66. The standard InChI is InChI=1S/C12H21NO/c1-10-3-8-4-11(2,9(10)14)7-12(13,5-8)6-10/h8-9,14H,3-7,13H2,1-2H3/i1D3,2D3,8D. The molecule has 0 aliphatic heterocycles. The maximum absolute atomic E-state index is 10.8. The summed E-state index contributed by atoms with van der Waals surface area (Å²) in [7, 11) is 0. The van der Waals surface area contributed by atoms with E-state index in [2.05, 4.69) is 0 Å². The Bertz CT molecular complexity index is 429. The molecular weight excluding hydrogens is 174 g/mol. The smallest absolute Gasteiger partial charge is 0.0648 e.